The summed E-state index contributed by atoms with van der Waals surface area (Å²) in [5.74, 6) is -1.36. The molecule has 2 atom stereocenters. The van der Waals surface area contributed by atoms with Crippen molar-refractivity contribution >= 4 is 19.3 Å². The Morgan fingerprint density at radius 1 is 0.852 bits per heavy atom. The van der Waals surface area contributed by atoms with Crippen LogP contribution in [-0.2, 0) is 33.0 Å². The molecule has 0 bridgehead atoms. The van der Waals surface area contributed by atoms with Gasteiger partial charge in [-0.15, -0.1) is 0 Å². The molecule has 1 saturated heterocycles. The highest BCUT2D eigenvalue weighted by molar-refractivity contribution is 6.38. The minimum absolute atomic E-state index is 0.248. The summed E-state index contributed by atoms with van der Waals surface area (Å²) in [7, 11) is 6.54. The SMILES string of the molecule is CC(C)OC(=O)[C@@H]1OB(OC(CN(C)C)CN(C)C)O[C@H]1C(=O)OC(C)C. The van der Waals surface area contributed by atoms with Crippen LogP contribution >= 0.6 is 0 Å². The quantitative estimate of drug-likeness (QED) is 0.384. The molecule has 1 heterocycles. The van der Waals surface area contributed by atoms with E-state index in [1.54, 1.807) is 27.7 Å². The lowest BCUT2D eigenvalue weighted by molar-refractivity contribution is -0.167. The van der Waals surface area contributed by atoms with E-state index in [0.717, 1.165) is 0 Å². The molecule has 0 N–H and O–H groups in total. The Labute approximate surface area is 162 Å². The maximum atomic E-state index is 12.3. The van der Waals surface area contributed by atoms with Crippen molar-refractivity contribution < 1.29 is 33.0 Å². The zero-order chi connectivity index (χ0) is 20.7. The molecule has 156 valence electrons. The van der Waals surface area contributed by atoms with Crippen LogP contribution in [0, 0.1) is 0 Å². The standard InChI is InChI=1S/C17H33BN2O7/c1-11(2)23-16(21)14-15(17(22)24-12(3)4)27-18(26-14)25-13(9-19(5)6)10-20(7)8/h11-15H,9-10H2,1-8H3/t14-,15-/m1/s1. The minimum Gasteiger partial charge on any atom is -0.461 e. The summed E-state index contributed by atoms with van der Waals surface area (Å²) in [6, 6.07) is 0. The van der Waals surface area contributed by atoms with Crippen LogP contribution in [0.1, 0.15) is 27.7 Å². The third kappa shape index (κ3) is 8.57. The van der Waals surface area contributed by atoms with Crippen molar-refractivity contribution in [2.75, 3.05) is 41.3 Å². The van der Waals surface area contributed by atoms with Crippen LogP contribution in [0.2, 0.25) is 0 Å². The highest BCUT2D eigenvalue weighted by atomic mass is 16.8. The number of hydrogen-bond acceptors (Lipinski definition) is 9. The fourth-order valence-electron chi connectivity index (χ4n) is 2.55. The Morgan fingerprint density at radius 3 is 1.52 bits per heavy atom. The summed E-state index contributed by atoms with van der Waals surface area (Å²) in [6.45, 7) is 8.09. The molecule has 1 rings (SSSR count). The molecule has 1 aliphatic heterocycles. The maximum absolute atomic E-state index is 12.3. The molecule has 0 aromatic rings. The molecule has 0 radical (unpaired) electrons. The monoisotopic (exact) mass is 388 g/mol. The van der Waals surface area contributed by atoms with Crippen LogP contribution < -0.4 is 0 Å². The highest BCUT2D eigenvalue weighted by Crippen LogP contribution is 2.22. The Hall–Kier alpha value is -1.20. The molecular weight excluding hydrogens is 355 g/mol. The number of carbonyl (C=O) groups is 2. The van der Waals surface area contributed by atoms with E-state index >= 15 is 0 Å². The van der Waals surface area contributed by atoms with Gasteiger partial charge in [0, 0.05) is 13.1 Å². The van der Waals surface area contributed by atoms with Crippen molar-refractivity contribution in [2.24, 2.45) is 0 Å². The van der Waals surface area contributed by atoms with Gasteiger partial charge in [0.2, 0.25) is 0 Å². The number of rotatable bonds is 10. The summed E-state index contributed by atoms with van der Waals surface area (Å²) in [6.07, 6.45) is -3.41. The average Bonchev–Trinajstić information content (AvgIpc) is 2.88. The van der Waals surface area contributed by atoms with Crippen LogP contribution in [0.25, 0.3) is 0 Å². The zero-order valence-electron chi connectivity index (χ0n) is 17.6. The first-order chi connectivity index (χ1) is 12.5. The Balaban J connectivity index is 2.86. The third-order valence-corrected chi connectivity index (χ3v) is 3.40. The number of esters is 2. The van der Waals surface area contributed by atoms with Gasteiger partial charge in [0.05, 0.1) is 18.3 Å². The molecule has 0 amide bonds. The van der Waals surface area contributed by atoms with Crippen LogP contribution in [0.15, 0.2) is 0 Å². The number of carbonyl (C=O) groups excluding carboxylic acids is 2. The molecular formula is C17H33BN2O7. The Morgan fingerprint density at radius 2 is 1.22 bits per heavy atom. The molecule has 0 saturated carbocycles. The second-order valence-electron chi connectivity index (χ2n) is 7.66. The van der Waals surface area contributed by atoms with Gasteiger partial charge in [-0.2, -0.15) is 0 Å². The molecule has 0 aromatic heterocycles. The second kappa shape index (κ2) is 11.0. The molecule has 0 aliphatic carbocycles. The number of ether oxygens (including phenoxy) is 2. The van der Waals surface area contributed by atoms with Gasteiger partial charge in [0.1, 0.15) is 0 Å². The van der Waals surface area contributed by atoms with E-state index in [-0.39, 0.29) is 18.3 Å². The van der Waals surface area contributed by atoms with Crippen molar-refractivity contribution in [3.63, 3.8) is 0 Å². The van der Waals surface area contributed by atoms with E-state index in [1.165, 1.54) is 0 Å². The maximum Gasteiger partial charge on any atom is 0.641 e. The van der Waals surface area contributed by atoms with E-state index in [9.17, 15) is 9.59 Å². The first-order valence-electron chi connectivity index (χ1n) is 9.16. The van der Waals surface area contributed by atoms with Crippen molar-refractivity contribution in [1.29, 1.82) is 0 Å². The molecule has 27 heavy (non-hydrogen) atoms. The van der Waals surface area contributed by atoms with Gasteiger partial charge in [-0.1, -0.05) is 0 Å². The number of hydrogen-bond donors (Lipinski definition) is 0. The van der Waals surface area contributed by atoms with Gasteiger partial charge in [0.15, 0.2) is 12.2 Å². The smallest absolute Gasteiger partial charge is 0.461 e. The topological polar surface area (TPSA) is 86.8 Å². The molecule has 1 aliphatic rings. The van der Waals surface area contributed by atoms with Crippen LogP contribution in [-0.4, -0.2) is 101 Å². The summed E-state index contributed by atoms with van der Waals surface area (Å²) < 4.78 is 27.4. The molecule has 0 aromatic carbocycles. The van der Waals surface area contributed by atoms with Gasteiger partial charge in [0.25, 0.3) is 0 Å². The molecule has 0 unspecified atom stereocenters. The number of nitrogens with zero attached hydrogens (tertiary/aromatic N) is 2. The molecule has 9 nitrogen and oxygen atoms in total. The van der Waals surface area contributed by atoms with Gasteiger partial charge in [-0.3, -0.25) is 0 Å². The largest absolute Gasteiger partial charge is 0.641 e. The first-order valence-corrected chi connectivity index (χ1v) is 9.16. The van der Waals surface area contributed by atoms with Crippen molar-refractivity contribution in [3.8, 4) is 0 Å². The predicted octanol–water partition coefficient (Wildman–Crippen LogP) is 0.167. The molecule has 0 spiro atoms. The fourth-order valence-corrected chi connectivity index (χ4v) is 2.55. The minimum atomic E-state index is -1.23. The lowest BCUT2D eigenvalue weighted by Crippen LogP contribution is -2.41. The molecule has 1 fully saturated rings. The van der Waals surface area contributed by atoms with Gasteiger partial charge in [-0.25, -0.2) is 9.59 Å². The summed E-state index contributed by atoms with van der Waals surface area (Å²) >= 11 is 0. The average molecular weight is 388 g/mol. The van der Waals surface area contributed by atoms with Crippen molar-refractivity contribution in [3.05, 3.63) is 0 Å². The molecule has 10 heteroatoms. The van der Waals surface area contributed by atoms with Crippen molar-refractivity contribution in [1.82, 2.24) is 9.80 Å². The van der Waals surface area contributed by atoms with E-state index in [2.05, 4.69) is 0 Å². The van der Waals surface area contributed by atoms with Gasteiger partial charge < -0.3 is 33.2 Å². The zero-order valence-corrected chi connectivity index (χ0v) is 17.6. The van der Waals surface area contributed by atoms with Crippen LogP contribution in [0.3, 0.4) is 0 Å². The van der Waals surface area contributed by atoms with E-state index in [4.69, 9.17) is 23.4 Å². The normalized spacial score (nSPS) is 20.4. The lowest BCUT2D eigenvalue weighted by Gasteiger charge is -2.25. The van der Waals surface area contributed by atoms with Gasteiger partial charge >= 0.3 is 19.3 Å². The van der Waals surface area contributed by atoms with Crippen molar-refractivity contribution in [2.45, 2.75) is 58.2 Å². The van der Waals surface area contributed by atoms with E-state index in [1.807, 2.05) is 38.0 Å². The lowest BCUT2D eigenvalue weighted by atomic mass is 10.2. The predicted molar refractivity (Wildman–Crippen MR) is 99.9 cm³/mol. The summed E-state index contributed by atoms with van der Waals surface area (Å²) in [4.78, 5) is 28.6. The first kappa shape index (κ1) is 23.8. The third-order valence-electron chi connectivity index (χ3n) is 3.40. The van der Waals surface area contributed by atoms with Gasteiger partial charge in [-0.05, 0) is 55.9 Å². The second-order valence-corrected chi connectivity index (χ2v) is 7.66. The van der Waals surface area contributed by atoms with E-state index < -0.39 is 31.5 Å². The highest BCUT2D eigenvalue weighted by Gasteiger charge is 2.52. The Bertz CT molecular complexity index is 448. The summed E-state index contributed by atoms with van der Waals surface area (Å²) in [5.41, 5.74) is 0. The number of likely N-dealkylation sites (N-methyl/N-ethyl adjacent to an activating group) is 2. The fraction of sp³-hybridized carbons (Fsp3) is 0.882. The van der Waals surface area contributed by atoms with E-state index in [0.29, 0.717) is 13.1 Å². The Kier molecular flexibility index (Phi) is 9.68. The summed E-state index contributed by atoms with van der Waals surface area (Å²) in [5, 5.41) is 0. The van der Waals surface area contributed by atoms with Crippen LogP contribution in [0.5, 0.6) is 0 Å². The van der Waals surface area contributed by atoms with Crippen LogP contribution in [0.4, 0.5) is 0 Å².